The van der Waals surface area contributed by atoms with E-state index in [9.17, 15) is 4.79 Å². The first-order valence-corrected chi connectivity index (χ1v) is 3.76. The van der Waals surface area contributed by atoms with Crippen LogP contribution in [0, 0.1) is 0 Å². The van der Waals surface area contributed by atoms with Crippen molar-refractivity contribution in [2.24, 2.45) is 0 Å². The average molecular weight is 197 g/mol. The van der Waals surface area contributed by atoms with Gasteiger partial charge in [-0.3, -0.25) is 0 Å². The Balaban J connectivity index is 3.00. The second-order valence-electron chi connectivity index (χ2n) is 2.06. The molecule has 0 unspecified atom stereocenters. The lowest BCUT2D eigenvalue weighted by Crippen LogP contribution is -1.95. The summed E-state index contributed by atoms with van der Waals surface area (Å²) in [6.45, 7) is 0. The number of rotatable bonds is 1. The first kappa shape index (κ1) is 7.54. The Kier molecular flexibility index (Phi) is 2.27. The second-order valence-corrected chi connectivity index (χ2v) is 2.98. The summed E-state index contributed by atoms with van der Waals surface area (Å²) in [6.07, 6.45) is 0. The lowest BCUT2D eigenvalue weighted by atomic mass is 9.95. The van der Waals surface area contributed by atoms with Gasteiger partial charge in [0.05, 0.1) is 0 Å². The quantitative estimate of drug-likeness (QED) is 0.618. The van der Waals surface area contributed by atoms with E-state index in [2.05, 4.69) is 15.9 Å². The van der Waals surface area contributed by atoms with Crippen LogP contribution in [0.5, 0.6) is 0 Å². The Bertz CT molecular complexity index is 242. The molecule has 0 spiro atoms. The van der Waals surface area contributed by atoms with Crippen LogP contribution < -0.4 is 0 Å². The number of carbonyl (C=O) groups excluding carboxylic acids is 1. The molecule has 0 aliphatic rings. The number of halogens is 1. The Morgan fingerprint density at radius 2 is 1.80 bits per heavy atom. The third-order valence-electron chi connectivity index (χ3n) is 1.25. The summed E-state index contributed by atoms with van der Waals surface area (Å²) in [5.41, 5.74) is 0.857. The molecule has 1 nitrogen and oxygen atoms in total. The SMILES string of the molecule is BC(=O)c1ccc(Br)cc1. The van der Waals surface area contributed by atoms with E-state index in [1.807, 2.05) is 12.1 Å². The summed E-state index contributed by atoms with van der Waals surface area (Å²) in [6, 6.07) is 7.31. The predicted molar refractivity (Wildman–Crippen MR) is 47.0 cm³/mol. The van der Waals surface area contributed by atoms with Gasteiger partial charge in [-0.1, -0.05) is 28.1 Å². The molecular weight excluding hydrogens is 191 g/mol. The highest BCUT2D eigenvalue weighted by Crippen LogP contribution is 2.09. The smallest absolute Gasteiger partial charge is 0.193 e. The normalized spacial score (nSPS) is 9.30. The predicted octanol–water partition coefficient (Wildman–Crippen LogP) is 1.22. The minimum Gasteiger partial charge on any atom is -0.307 e. The van der Waals surface area contributed by atoms with E-state index in [1.165, 1.54) is 0 Å². The Morgan fingerprint density at radius 1 is 1.30 bits per heavy atom. The lowest BCUT2D eigenvalue weighted by molar-refractivity contribution is 0.108. The van der Waals surface area contributed by atoms with E-state index in [0.29, 0.717) is 0 Å². The van der Waals surface area contributed by atoms with Crippen molar-refractivity contribution in [3.05, 3.63) is 34.3 Å². The number of benzene rings is 1. The highest BCUT2D eigenvalue weighted by molar-refractivity contribution is 9.10. The molecule has 0 radical (unpaired) electrons. The third-order valence-corrected chi connectivity index (χ3v) is 1.78. The van der Waals surface area contributed by atoms with Crippen molar-refractivity contribution in [2.45, 2.75) is 0 Å². The average Bonchev–Trinajstić information content (AvgIpc) is 1.88. The van der Waals surface area contributed by atoms with Gasteiger partial charge in [0.15, 0.2) is 7.85 Å². The summed E-state index contributed by atoms with van der Waals surface area (Å²) < 4.78 is 0.998. The Morgan fingerprint density at radius 3 is 2.20 bits per heavy atom. The molecule has 0 bridgehead atoms. The summed E-state index contributed by atoms with van der Waals surface area (Å²) in [5, 5.41) is 0. The van der Waals surface area contributed by atoms with Crippen molar-refractivity contribution >= 4 is 29.5 Å². The van der Waals surface area contributed by atoms with E-state index in [4.69, 9.17) is 0 Å². The van der Waals surface area contributed by atoms with E-state index in [-0.39, 0.29) is 5.68 Å². The molecule has 0 atom stereocenters. The van der Waals surface area contributed by atoms with Gasteiger partial charge < -0.3 is 4.79 Å². The van der Waals surface area contributed by atoms with Crippen LogP contribution in [0.1, 0.15) is 10.4 Å². The van der Waals surface area contributed by atoms with Crippen molar-refractivity contribution < 1.29 is 4.79 Å². The standard InChI is InChI=1S/C7H6BBrO/c8-7(10)5-1-3-6(9)4-2-5/h1-4H,8H2. The van der Waals surface area contributed by atoms with Gasteiger partial charge in [-0.15, -0.1) is 0 Å². The van der Waals surface area contributed by atoms with Gasteiger partial charge in [-0.2, -0.15) is 0 Å². The van der Waals surface area contributed by atoms with Crippen LogP contribution in [0.3, 0.4) is 0 Å². The molecular formula is C7H6BBrO. The first-order chi connectivity index (χ1) is 4.70. The summed E-state index contributed by atoms with van der Waals surface area (Å²) in [5.74, 6) is 0. The first-order valence-electron chi connectivity index (χ1n) is 2.96. The highest BCUT2D eigenvalue weighted by atomic mass is 79.9. The summed E-state index contributed by atoms with van der Waals surface area (Å²) in [4.78, 5) is 10.7. The van der Waals surface area contributed by atoms with Crippen LogP contribution in [0.15, 0.2) is 28.7 Å². The maximum atomic E-state index is 10.7. The molecule has 0 fully saturated rings. The zero-order valence-electron chi connectivity index (χ0n) is 5.60. The molecule has 1 aromatic carbocycles. The van der Waals surface area contributed by atoms with Gasteiger partial charge in [0.2, 0.25) is 0 Å². The lowest BCUT2D eigenvalue weighted by Gasteiger charge is -1.93. The number of hydrogen-bond acceptors (Lipinski definition) is 1. The third kappa shape index (κ3) is 1.71. The Hall–Kier alpha value is -0.565. The fraction of sp³-hybridized carbons (Fsp3) is 0. The van der Waals surface area contributed by atoms with Gasteiger partial charge in [0, 0.05) is 10.0 Å². The maximum Gasteiger partial charge on any atom is 0.193 e. The van der Waals surface area contributed by atoms with Crippen LogP contribution in [-0.2, 0) is 0 Å². The molecule has 0 saturated heterocycles. The zero-order valence-corrected chi connectivity index (χ0v) is 7.18. The fourth-order valence-electron chi connectivity index (χ4n) is 0.685. The van der Waals surface area contributed by atoms with Crippen LogP contribution in [0.2, 0.25) is 0 Å². The largest absolute Gasteiger partial charge is 0.307 e. The molecule has 0 amide bonds. The molecule has 50 valence electrons. The topological polar surface area (TPSA) is 17.1 Å². The molecule has 1 aromatic rings. The van der Waals surface area contributed by atoms with Crippen molar-refractivity contribution in [1.82, 2.24) is 0 Å². The molecule has 0 heterocycles. The number of hydrogen-bond donors (Lipinski definition) is 0. The van der Waals surface area contributed by atoms with Crippen molar-refractivity contribution in [1.29, 1.82) is 0 Å². The zero-order chi connectivity index (χ0) is 7.56. The van der Waals surface area contributed by atoms with Crippen LogP contribution in [0.25, 0.3) is 0 Å². The van der Waals surface area contributed by atoms with Gasteiger partial charge in [-0.25, -0.2) is 0 Å². The van der Waals surface area contributed by atoms with E-state index in [1.54, 1.807) is 20.0 Å². The van der Waals surface area contributed by atoms with Crippen LogP contribution in [0.4, 0.5) is 0 Å². The van der Waals surface area contributed by atoms with Gasteiger partial charge in [-0.05, 0) is 12.1 Å². The minimum atomic E-state index is 0.104. The molecule has 3 heteroatoms. The second kappa shape index (κ2) is 3.02. The Labute approximate surface area is 69.0 Å². The summed E-state index contributed by atoms with van der Waals surface area (Å²) >= 11 is 3.28. The molecule has 0 aliphatic heterocycles. The van der Waals surface area contributed by atoms with E-state index < -0.39 is 0 Å². The molecule has 0 aromatic heterocycles. The highest BCUT2D eigenvalue weighted by Gasteiger charge is 1.95. The summed E-state index contributed by atoms with van der Waals surface area (Å²) in [7, 11) is 1.56. The van der Waals surface area contributed by atoms with Gasteiger partial charge in [0.1, 0.15) is 5.68 Å². The van der Waals surface area contributed by atoms with E-state index >= 15 is 0 Å². The molecule has 0 aliphatic carbocycles. The maximum absolute atomic E-state index is 10.7. The van der Waals surface area contributed by atoms with Crippen molar-refractivity contribution in [3.8, 4) is 0 Å². The van der Waals surface area contributed by atoms with Gasteiger partial charge >= 0.3 is 0 Å². The van der Waals surface area contributed by atoms with Crippen molar-refractivity contribution in [2.75, 3.05) is 0 Å². The molecule has 0 saturated carbocycles. The molecule has 10 heavy (non-hydrogen) atoms. The molecule has 1 rings (SSSR count). The minimum absolute atomic E-state index is 0.104. The fourth-order valence-corrected chi connectivity index (χ4v) is 0.949. The van der Waals surface area contributed by atoms with Crippen LogP contribution >= 0.6 is 15.9 Å². The van der Waals surface area contributed by atoms with Crippen molar-refractivity contribution in [3.63, 3.8) is 0 Å². The van der Waals surface area contributed by atoms with E-state index in [0.717, 1.165) is 10.0 Å². The molecule has 0 N–H and O–H groups in total. The van der Waals surface area contributed by atoms with Gasteiger partial charge in [0.25, 0.3) is 0 Å². The monoisotopic (exact) mass is 196 g/mol. The number of carbonyl (C=O) groups is 1. The van der Waals surface area contributed by atoms with Crippen LogP contribution in [-0.4, -0.2) is 13.5 Å².